The van der Waals surface area contributed by atoms with Crippen LogP contribution >= 0.6 is 0 Å². The van der Waals surface area contributed by atoms with Gasteiger partial charge in [-0.3, -0.25) is 9.59 Å². The summed E-state index contributed by atoms with van der Waals surface area (Å²) < 4.78 is 14.3. The van der Waals surface area contributed by atoms with Gasteiger partial charge in [0.15, 0.2) is 0 Å². The number of benzene rings is 1. The van der Waals surface area contributed by atoms with Crippen molar-refractivity contribution in [2.75, 3.05) is 23.3 Å². The average molecular weight is 433 g/mol. The van der Waals surface area contributed by atoms with Crippen LogP contribution < -0.4 is 20.9 Å². The number of halogens is 1. The molecule has 0 spiro atoms. The van der Waals surface area contributed by atoms with Crippen LogP contribution in [0.1, 0.15) is 70.6 Å². The van der Waals surface area contributed by atoms with E-state index < -0.39 is 5.82 Å². The molecule has 0 radical (unpaired) electrons. The molecule has 7 nitrogen and oxygen atoms in total. The van der Waals surface area contributed by atoms with Crippen molar-refractivity contribution in [3.05, 3.63) is 24.0 Å². The molecule has 4 amide bonds. The predicted octanol–water partition coefficient (Wildman–Crippen LogP) is 4.08. The molecule has 0 aromatic heterocycles. The molecule has 1 aliphatic carbocycles. The number of carbonyl (C=O) groups excluding carboxylic acids is 3. The molecule has 0 unspecified atom stereocenters. The molecule has 1 aliphatic heterocycles. The van der Waals surface area contributed by atoms with Crippen LogP contribution in [0.25, 0.3) is 0 Å². The molecule has 2 aliphatic rings. The average Bonchev–Trinajstić information content (AvgIpc) is 3.17. The van der Waals surface area contributed by atoms with Crippen LogP contribution in [0.4, 0.5) is 20.6 Å². The van der Waals surface area contributed by atoms with Gasteiger partial charge in [0.05, 0.1) is 5.69 Å². The standard InChI is InChI=1S/C23H33FN4O3/c24-19-16-18(12-13-20(19)28-15-7-11-22(28)30)26-21(29)10-5-2-6-14-25-23(31)27-17-8-3-1-4-9-17/h12-13,16-17H,1-11,14-15H2,(H,26,29)(H2,25,27,31). The highest BCUT2D eigenvalue weighted by molar-refractivity contribution is 5.96. The first kappa shape index (κ1) is 23.0. The van der Waals surface area contributed by atoms with Crippen LogP contribution in [0.2, 0.25) is 0 Å². The van der Waals surface area contributed by atoms with Gasteiger partial charge in [-0.1, -0.05) is 25.7 Å². The van der Waals surface area contributed by atoms with Gasteiger partial charge in [0.2, 0.25) is 11.8 Å². The highest BCUT2D eigenvalue weighted by Crippen LogP contribution is 2.27. The molecule has 0 atom stereocenters. The highest BCUT2D eigenvalue weighted by Gasteiger charge is 2.24. The summed E-state index contributed by atoms with van der Waals surface area (Å²) in [6.45, 7) is 1.11. The molecule has 3 rings (SSSR count). The first-order chi connectivity index (χ1) is 15.0. The van der Waals surface area contributed by atoms with Crippen molar-refractivity contribution in [3.8, 4) is 0 Å². The fraction of sp³-hybridized carbons (Fsp3) is 0.609. The Kier molecular flexibility index (Phi) is 8.67. The number of carbonyl (C=O) groups is 3. The summed E-state index contributed by atoms with van der Waals surface area (Å²) in [5.41, 5.74) is 0.652. The molecule has 0 bridgehead atoms. The molecule has 1 saturated heterocycles. The van der Waals surface area contributed by atoms with Crippen LogP contribution in [0.5, 0.6) is 0 Å². The van der Waals surface area contributed by atoms with E-state index in [4.69, 9.17) is 0 Å². The SMILES string of the molecule is O=C(CCCCCNC(=O)NC1CCCCC1)Nc1ccc(N2CCCC2=O)c(F)c1. The quantitative estimate of drug-likeness (QED) is 0.514. The van der Waals surface area contributed by atoms with Crippen molar-refractivity contribution in [2.45, 2.75) is 76.7 Å². The maximum atomic E-state index is 14.3. The zero-order chi connectivity index (χ0) is 22.1. The topological polar surface area (TPSA) is 90.5 Å². The lowest BCUT2D eigenvalue weighted by atomic mass is 9.96. The Bertz CT molecular complexity index is 780. The van der Waals surface area contributed by atoms with Crippen molar-refractivity contribution in [3.63, 3.8) is 0 Å². The van der Waals surface area contributed by atoms with Gasteiger partial charge in [0.1, 0.15) is 5.82 Å². The molecule has 1 aromatic carbocycles. The number of nitrogens with zero attached hydrogens (tertiary/aromatic N) is 1. The Labute approximate surface area is 183 Å². The van der Waals surface area contributed by atoms with Gasteiger partial charge < -0.3 is 20.9 Å². The Morgan fingerprint density at radius 2 is 1.87 bits per heavy atom. The minimum absolute atomic E-state index is 0.0726. The summed E-state index contributed by atoms with van der Waals surface area (Å²) in [6, 6.07) is 4.61. The summed E-state index contributed by atoms with van der Waals surface area (Å²) in [6.07, 6.45) is 9.58. The molecule has 1 aromatic rings. The number of rotatable bonds is 9. The second kappa shape index (κ2) is 11.7. The van der Waals surface area contributed by atoms with E-state index in [1.807, 2.05) is 0 Å². The fourth-order valence-corrected chi connectivity index (χ4v) is 4.20. The number of urea groups is 1. The van der Waals surface area contributed by atoms with E-state index in [0.29, 0.717) is 44.1 Å². The van der Waals surface area contributed by atoms with Gasteiger partial charge in [0, 0.05) is 37.7 Å². The third kappa shape index (κ3) is 7.22. The third-order valence-corrected chi connectivity index (χ3v) is 5.90. The Morgan fingerprint density at radius 1 is 1.06 bits per heavy atom. The predicted molar refractivity (Wildman–Crippen MR) is 118 cm³/mol. The Hall–Kier alpha value is -2.64. The zero-order valence-electron chi connectivity index (χ0n) is 18.1. The number of anilines is 2. The summed E-state index contributed by atoms with van der Waals surface area (Å²) in [4.78, 5) is 37.2. The minimum atomic E-state index is -0.509. The van der Waals surface area contributed by atoms with Gasteiger partial charge in [-0.05, 0) is 50.3 Å². The van der Waals surface area contributed by atoms with Crippen molar-refractivity contribution >= 4 is 29.2 Å². The summed E-state index contributed by atoms with van der Waals surface area (Å²) in [5, 5.41) is 8.60. The summed E-state index contributed by atoms with van der Waals surface area (Å²) in [5.74, 6) is -0.755. The number of hydrogen-bond donors (Lipinski definition) is 3. The van der Waals surface area contributed by atoms with Crippen LogP contribution in [-0.2, 0) is 9.59 Å². The Balaban J connectivity index is 1.28. The molecule has 8 heteroatoms. The van der Waals surface area contributed by atoms with E-state index >= 15 is 0 Å². The summed E-state index contributed by atoms with van der Waals surface area (Å²) >= 11 is 0. The van der Waals surface area contributed by atoms with Crippen molar-refractivity contribution in [1.29, 1.82) is 0 Å². The van der Waals surface area contributed by atoms with Crippen LogP contribution in [0.3, 0.4) is 0 Å². The lowest BCUT2D eigenvalue weighted by Crippen LogP contribution is -2.43. The molecule has 2 fully saturated rings. The van der Waals surface area contributed by atoms with Gasteiger partial charge >= 0.3 is 6.03 Å². The second-order valence-corrected chi connectivity index (χ2v) is 8.41. The van der Waals surface area contributed by atoms with Gasteiger partial charge in [-0.15, -0.1) is 0 Å². The van der Waals surface area contributed by atoms with Crippen molar-refractivity contribution in [2.24, 2.45) is 0 Å². The molecular weight excluding hydrogens is 399 g/mol. The molecule has 3 N–H and O–H groups in total. The first-order valence-corrected chi connectivity index (χ1v) is 11.5. The second-order valence-electron chi connectivity index (χ2n) is 8.41. The monoisotopic (exact) mass is 432 g/mol. The van der Waals surface area contributed by atoms with E-state index in [0.717, 1.165) is 32.1 Å². The van der Waals surface area contributed by atoms with Crippen molar-refractivity contribution < 1.29 is 18.8 Å². The number of hydrogen-bond acceptors (Lipinski definition) is 3. The zero-order valence-corrected chi connectivity index (χ0v) is 18.1. The number of nitrogens with one attached hydrogen (secondary N) is 3. The highest BCUT2D eigenvalue weighted by atomic mass is 19.1. The molecule has 31 heavy (non-hydrogen) atoms. The van der Waals surface area contributed by atoms with E-state index in [9.17, 15) is 18.8 Å². The lowest BCUT2D eigenvalue weighted by molar-refractivity contribution is -0.117. The van der Waals surface area contributed by atoms with E-state index in [-0.39, 0.29) is 23.5 Å². The first-order valence-electron chi connectivity index (χ1n) is 11.5. The smallest absolute Gasteiger partial charge is 0.315 e. The van der Waals surface area contributed by atoms with E-state index in [1.165, 1.54) is 36.3 Å². The van der Waals surface area contributed by atoms with Crippen LogP contribution in [-0.4, -0.2) is 37.0 Å². The van der Waals surface area contributed by atoms with Gasteiger partial charge in [-0.25, -0.2) is 9.18 Å². The summed E-state index contributed by atoms with van der Waals surface area (Å²) in [7, 11) is 0. The van der Waals surface area contributed by atoms with Gasteiger partial charge in [-0.2, -0.15) is 0 Å². The Morgan fingerprint density at radius 3 is 2.58 bits per heavy atom. The minimum Gasteiger partial charge on any atom is -0.338 e. The number of amides is 4. The largest absolute Gasteiger partial charge is 0.338 e. The van der Waals surface area contributed by atoms with Gasteiger partial charge in [0.25, 0.3) is 0 Å². The fourth-order valence-electron chi connectivity index (χ4n) is 4.20. The molecule has 1 heterocycles. The van der Waals surface area contributed by atoms with E-state index in [1.54, 1.807) is 6.07 Å². The normalized spacial score (nSPS) is 16.9. The molecular formula is C23H33FN4O3. The number of unbranched alkanes of at least 4 members (excludes halogenated alkanes) is 2. The third-order valence-electron chi connectivity index (χ3n) is 5.90. The van der Waals surface area contributed by atoms with Crippen LogP contribution in [0, 0.1) is 5.82 Å². The van der Waals surface area contributed by atoms with Crippen molar-refractivity contribution in [1.82, 2.24) is 10.6 Å². The van der Waals surface area contributed by atoms with E-state index in [2.05, 4.69) is 16.0 Å². The molecule has 170 valence electrons. The van der Waals surface area contributed by atoms with Crippen LogP contribution in [0.15, 0.2) is 18.2 Å². The maximum Gasteiger partial charge on any atom is 0.315 e. The molecule has 1 saturated carbocycles. The maximum absolute atomic E-state index is 14.3. The lowest BCUT2D eigenvalue weighted by Gasteiger charge is -2.22.